The summed E-state index contributed by atoms with van der Waals surface area (Å²) < 4.78 is 6.72. The lowest BCUT2D eigenvalue weighted by Gasteiger charge is -2.13. The van der Waals surface area contributed by atoms with Crippen molar-refractivity contribution < 1.29 is 4.74 Å². The van der Waals surface area contributed by atoms with E-state index in [1.54, 1.807) is 24.4 Å². The molecular formula is C15H15BrCl2N2O. The van der Waals surface area contributed by atoms with Gasteiger partial charge >= 0.3 is 0 Å². The summed E-state index contributed by atoms with van der Waals surface area (Å²) in [5, 5.41) is 4.29. The summed E-state index contributed by atoms with van der Waals surface area (Å²) in [5.41, 5.74) is 0.962. The van der Waals surface area contributed by atoms with Gasteiger partial charge < -0.3 is 10.1 Å². The van der Waals surface area contributed by atoms with Crippen LogP contribution in [0.1, 0.15) is 19.4 Å². The highest BCUT2D eigenvalue weighted by Crippen LogP contribution is 2.30. The van der Waals surface area contributed by atoms with Crippen LogP contribution in [-0.4, -0.2) is 11.0 Å². The molecule has 1 N–H and O–H groups in total. The van der Waals surface area contributed by atoms with E-state index in [0.717, 1.165) is 10.0 Å². The first-order chi connectivity index (χ1) is 9.95. The number of ether oxygens (including phenoxy) is 1. The van der Waals surface area contributed by atoms with Crippen molar-refractivity contribution in [3.05, 3.63) is 50.5 Å². The van der Waals surface area contributed by atoms with E-state index in [2.05, 4.69) is 40.1 Å². The molecule has 0 aliphatic carbocycles. The van der Waals surface area contributed by atoms with Gasteiger partial charge in [0, 0.05) is 34.9 Å². The zero-order valence-corrected chi connectivity index (χ0v) is 14.8. The maximum absolute atomic E-state index is 6.00. The lowest BCUT2D eigenvalue weighted by atomic mass is 10.2. The van der Waals surface area contributed by atoms with Gasteiger partial charge in [0.15, 0.2) is 0 Å². The van der Waals surface area contributed by atoms with Gasteiger partial charge in [-0.3, -0.25) is 0 Å². The number of halogens is 3. The lowest BCUT2D eigenvalue weighted by molar-refractivity contribution is 0.450. The SMILES string of the molecule is CC(C)NCc1cc(Br)cnc1Oc1ccc(Cl)c(Cl)c1. The molecule has 2 aromatic rings. The van der Waals surface area contributed by atoms with Crippen molar-refractivity contribution in [1.29, 1.82) is 0 Å². The fourth-order valence-electron chi connectivity index (χ4n) is 1.65. The fourth-order valence-corrected chi connectivity index (χ4v) is 2.32. The van der Waals surface area contributed by atoms with Gasteiger partial charge in [0.1, 0.15) is 5.75 Å². The van der Waals surface area contributed by atoms with E-state index in [0.29, 0.717) is 34.3 Å². The van der Waals surface area contributed by atoms with Crippen LogP contribution in [0.25, 0.3) is 0 Å². The quantitative estimate of drug-likeness (QED) is 0.738. The van der Waals surface area contributed by atoms with E-state index < -0.39 is 0 Å². The molecule has 0 radical (unpaired) electrons. The van der Waals surface area contributed by atoms with Crippen LogP contribution in [0.3, 0.4) is 0 Å². The molecule has 2 rings (SSSR count). The van der Waals surface area contributed by atoms with Crippen LogP contribution in [0.15, 0.2) is 34.9 Å². The standard InChI is InChI=1S/C15H15BrCl2N2O/c1-9(2)19-7-10-5-11(16)8-20-15(10)21-12-3-4-13(17)14(18)6-12/h3-6,8-9,19H,7H2,1-2H3. The Labute approximate surface area is 142 Å². The van der Waals surface area contributed by atoms with Gasteiger partial charge in [-0.05, 0) is 34.1 Å². The molecule has 1 heterocycles. The Bertz CT molecular complexity index is 635. The average molecular weight is 390 g/mol. The Hall–Kier alpha value is -0.810. The molecule has 0 fully saturated rings. The second-order valence-electron chi connectivity index (χ2n) is 4.83. The minimum atomic E-state index is 0.377. The van der Waals surface area contributed by atoms with Crippen molar-refractivity contribution in [3.8, 4) is 11.6 Å². The third kappa shape index (κ3) is 4.85. The minimum Gasteiger partial charge on any atom is -0.439 e. The van der Waals surface area contributed by atoms with Crippen LogP contribution >= 0.6 is 39.1 Å². The van der Waals surface area contributed by atoms with Gasteiger partial charge in [-0.2, -0.15) is 0 Å². The summed E-state index contributed by atoms with van der Waals surface area (Å²) in [6.45, 7) is 4.84. The first kappa shape index (κ1) is 16.6. The largest absolute Gasteiger partial charge is 0.439 e. The van der Waals surface area contributed by atoms with E-state index in [-0.39, 0.29) is 0 Å². The molecule has 0 aliphatic rings. The monoisotopic (exact) mass is 388 g/mol. The molecule has 0 amide bonds. The molecule has 0 bridgehead atoms. The maximum Gasteiger partial charge on any atom is 0.223 e. The molecule has 1 aromatic heterocycles. The van der Waals surface area contributed by atoms with Crippen LogP contribution in [-0.2, 0) is 6.54 Å². The number of hydrogen-bond acceptors (Lipinski definition) is 3. The van der Waals surface area contributed by atoms with Gasteiger partial charge in [0.2, 0.25) is 5.88 Å². The summed E-state index contributed by atoms with van der Waals surface area (Å²) >= 11 is 15.3. The number of aromatic nitrogens is 1. The third-order valence-electron chi connectivity index (χ3n) is 2.70. The van der Waals surface area contributed by atoms with E-state index in [1.165, 1.54) is 0 Å². The maximum atomic E-state index is 6.00. The van der Waals surface area contributed by atoms with Crippen molar-refractivity contribution in [3.63, 3.8) is 0 Å². The van der Waals surface area contributed by atoms with E-state index in [9.17, 15) is 0 Å². The molecule has 0 saturated carbocycles. The van der Waals surface area contributed by atoms with Gasteiger partial charge in [-0.15, -0.1) is 0 Å². The summed E-state index contributed by atoms with van der Waals surface area (Å²) in [4.78, 5) is 4.32. The predicted molar refractivity (Wildman–Crippen MR) is 90.4 cm³/mol. The summed E-state index contributed by atoms with van der Waals surface area (Å²) in [6, 6.07) is 7.49. The van der Waals surface area contributed by atoms with Gasteiger partial charge in [-0.1, -0.05) is 37.0 Å². The minimum absolute atomic E-state index is 0.377. The second-order valence-corrected chi connectivity index (χ2v) is 6.56. The zero-order valence-electron chi connectivity index (χ0n) is 11.7. The van der Waals surface area contributed by atoms with Crippen LogP contribution in [0.4, 0.5) is 0 Å². The van der Waals surface area contributed by atoms with Crippen molar-refractivity contribution in [2.24, 2.45) is 0 Å². The number of nitrogens with one attached hydrogen (secondary N) is 1. The molecule has 3 nitrogen and oxygen atoms in total. The van der Waals surface area contributed by atoms with Gasteiger partial charge in [-0.25, -0.2) is 4.98 Å². The molecule has 6 heteroatoms. The van der Waals surface area contributed by atoms with Gasteiger partial charge in [0.05, 0.1) is 10.0 Å². The number of benzene rings is 1. The molecule has 0 unspecified atom stereocenters. The Balaban J connectivity index is 2.23. The number of hydrogen-bond donors (Lipinski definition) is 1. The van der Waals surface area contributed by atoms with Crippen LogP contribution in [0, 0.1) is 0 Å². The van der Waals surface area contributed by atoms with Crippen LogP contribution < -0.4 is 10.1 Å². The second kappa shape index (κ2) is 7.45. The number of pyridine rings is 1. The van der Waals surface area contributed by atoms with E-state index in [4.69, 9.17) is 27.9 Å². The topological polar surface area (TPSA) is 34.2 Å². The Morgan fingerprint density at radius 2 is 2.00 bits per heavy atom. The molecule has 21 heavy (non-hydrogen) atoms. The lowest BCUT2D eigenvalue weighted by Crippen LogP contribution is -2.22. The Morgan fingerprint density at radius 3 is 2.67 bits per heavy atom. The fraction of sp³-hybridized carbons (Fsp3) is 0.267. The number of rotatable bonds is 5. The predicted octanol–water partition coefficient (Wildman–Crippen LogP) is 5.44. The first-order valence-electron chi connectivity index (χ1n) is 6.46. The summed E-state index contributed by atoms with van der Waals surface area (Å²) in [7, 11) is 0. The van der Waals surface area contributed by atoms with Crippen molar-refractivity contribution in [1.82, 2.24) is 10.3 Å². The first-order valence-corrected chi connectivity index (χ1v) is 8.01. The molecule has 0 atom stereocenters. The summed E-state index contributed by atoms with van der Waals surface area (Å²) in [6.07, 6.45) is 1.70. The van der Waals surface area contributed by atoms with Crippen LogP contribution in [0.5, 0.6) is 11.6 Å². The summed E-state index contributed by atoms with van der Waals surface area (Å²) in [5.74, 6) is 1.15. The molecule has 112 valence electrons. The van der Waals surface area contributed by atoms with E-state index in [1.807, 2.05) is 6.07 Å². The number of nitrogens with zero attached hydrogens (tertiary/aromatic N) is 1. The van der Waals surface area contributed by atoms with Crippen LogP contribution in [0.2, 0.25) is 10.0 Å². The molecule has 0 spiro atoms. The molecule has 0 aliphatic heterocycles. The molecule has 1 aromatic carbocycles. The molecule has 0 saturated heterocycles. The highest BCUT2D eigenvalue weighted by molar-refractivity contribution is 9.10. The van der Waals surface area contributed by atoms with Crippen molar-refractivity contribution in [2.45, 2.75) is 26.4 Å². The highest BCUT2D eigenvalue weighted by Gasteiger charge is 2.09. The van der Waals surface area contributed by atoms with Crippen molar-refractivity contribution >= 4 is 39.1 Å². The Kier molecular flexibility index (Phi) is 5.88. The Morgan fingerprint density at radius 1 is 1.24 bits per heavy atom. The average Bonchev–Trinajstić information content (AvgIpc) is 2.43. The third-order valence-corrected chi connectivity index (χ3v) is 3.87. The highest BCUT2D eigenvalue weighted by atomic mass is 79.9. The van der Waals surface area contributed by atoms with E-state index >= 15 is 0 Å². The molecular weight excluding hydrogens is 375 g/mol. The van der Waals surface area contributed by atoms with Gasteiger partial charge in [0.25, 0.3) is 0 Å². The smallest absolute Gasteiger partial charge is 0.223 e. The van der Waals surface area contributed by atoms with Crippen molar-refractivity contribution in [2.75, 3.05) is 0 Å². The zero-order chi connectivity index (χ0) is 15.4. The normalized spacial score (nSPS) is 11.0.